The Labute approximate surface area is 160 Å². The number of carbonyl (C=O) groups is 1. The van der Waals surface area contributed by atoms with E-state index in [0.29, 0.717) is 6.42 Å². The standard InChI is InChI=1S/C20H39NO4S/c1-2-3-4-5-6-7-8-9-10-11-12-13-14-15-16-17-20(22)21-18-19-26(23,24)25/h9-10H,2-8,11-19H2,1H3,(H,21,22)(H,23,24,25)/p-1/b10-9-. The Bertz CT molecular complexity index is 460. The first kappa shape index (κ1) is 25.1. The van der Waals surface area contributed by atoms with Crippen LogP contribution in [-0.4, -0.2) is 31.2 Å². The van der Waals surface area contributed by atoms with Gasteiger partial charge < -0.3 is 9.87 Å². The molecule has 1 amide bonds. The molecule has 0 bridgehead atoms. The highest BCUT2D eigenvalue weighted by Gasteiger charge is 2.02. The first-order valence-electron chi connectivity index (χ1n) is 10.3. The molecule has 0 aliphatic rings. The summed E-state index contributed by atoms with van der Waals surface area (Å²) >= 11 is 0. The van der Waals surface area contributed by atoms with Gasteiger partial charge in [0.2, 0.25) is 5.91 Å². The molecule has 0 fully saturated rings. The lowest BCUT2D eigenvalue weighted by Crippen LogP contribution is -2.28. The fourth-order valence-electron chi connectivity index (χ4n) is 2.76. The van der Waals surface area contributed by atoms with Crippen LogP contribution in [0.3, 0.4) is 0 Å². The van der Waals surface area contributed by atoms with Gasteiger partial charge in [0.25, 0.3) is 0 Å². The molecular formula is C20H38NO4S-. The number of unbranched alkanes of at least 4 members (excludes halogenated alkanes) is 11. The normalized spacial score (nSPS) is 11.9. The van der Waals surface area contributed by atoms with Crippen molar-refractivity contribution in [2.24, 2.45) is 0 Å². The average molecular weight is 389 g/mol. The van der Waals surface area contributed by atoms with Gasteiger partial charge in [-0.3, -0.25) is 4.79 Å². The summed E-state index contributed by atoms with van der Waals surface area (Å²) in [5.41, 5.74) is 0. The van der Waals surface area contributed by atoms with Gasteiger partial charge in [-0.15, -0.1) is 0 Å². The lowest BCUT2D eigenvalue weighted by molar-refractivity contribution is -0.121. The largest absolute Gasteiger partial charge is 0.748 e. The zero-order valence-corrected chi connectivity index (χ0v) is 17.3. The SMILES string of the molecule is CCCCCCCC/C=C\CCCCCCCC(=O)NCCS(=O)(=O)[O-]. The third-order valence-electron chi connectivity index (χ3n) is 4.34. The summed E-state index contributed by atoms with van der Waals surface area (Å²) in [5, 5.41) is 2.46. The van der Waals surface area contributed by atoms with Crippen LogP contribution in [0, 0.1) is 0 Å². The van der Waals surface area contributed by atoms with E-state index in [2.05, 4.69) is 24.4 Å². The van der Waals surface area contributed by atoms with E-state index in [0.717, 1.165) is 25.7 Å². The molecule has 5 nitrogen and oxygen atoms in total. The molecule has 0 rings (SSSR count). The van der Waals surface area contributed by atoms with Crippen molar-refractivity contribution in [3.05, 3.63) is 12.2 Å². The van der Waals surface area contributed by atoms with Crippen LogP contribution >= 0.6 is 0 Å². The van der Waals surface area contributed by atoms with Crippen molar-refractivity contribution in [1.82, 2.24) is 5.32 Å². The number of hydrogen-bond acceptors (Lipinski definition) is 4. The Hall–Kier alpha value is -0.880. The maximum Gasteiger partial charge on any atom is 0.220 e. The molecule has 6 heteroatoms. The van der Waals surface area contributed by atoms with Crippen molar-refractivity contribution in [2.45, 2.75) is 96.8 Å². The smallest absolute Gasteiger partial charge is 0.220 e. The topological polar surface area (TPSA) is 86.3 Å². The minimum Gasteiger partial charge on any atom is -0.748 e. The Morgan fingerprint density at radius 3 is 1.88 bits per heavy atom. The summed E-state index contributed by atoms with van der Waals surface area (Å²) in [4.78, 5) is 11.4. The van der Waals surface area contributed by atoms with Gasteiger partial charge in [-0.05, 0) is 32.1 Å². The van der Waals surface area contributed by atoms with Gasteiger partial charge >= 0.3 is 0 Å². The van der Waals surface area contributed by atoms with Crippen LogP contribution in [0.2, 0.25) is 0 Å². The molecule has 0 saturated carbocycles. The molecule has 0 aromatic rings. The van der Waals surface area contributed by atoms with Gasteiger partial charge in [0.15, 0.2) is 0 Å². The zero-order chi connectivity index (χ0) is 19.5. The van der Waals surface area contributed by atoms with E-state index in [9.17, 15) is 17.8 Å². The predicted molar refractivity (Wildman–Crippen MR) is 107 cm³/mol. The maximum absolute atomic E-state index is 11.4. The highest BCUT2D eigenvalue weighted by Crippen LogP contribution is 2.09. The molecule has 1 N–H and O–H groups in total. The molecule has 154 valence electrons. The predicted octanol–water partition coefficient (Wildman–Crippen LogP) is 4.69. The van der Waals surface area contributed by atoms with Crippen LogP contribution in [0.25, 0.3) is 0 Å². The first-order valence-corrected chi connectivity index (χ1v) is 11.9. The number of allylic oxidation sites excluding steroid dienone is 2. The minimum absolute atomic E-state index is 0.0876. The van der Waals surface area contributed by atoms with Gasteiger partial charge in [0, 0.05) is 13.0 Å². The summed E-state index contributed by atoms with van der Waals surface area (Å²) in [6, 6.07) is 0. The van der Waals surface area contributed by atoms with E-state index < -0.39 is 15.9 Å². The minimum atomic E-state index is -4.24. The van der Waals surface area contributed by atoms with Crippen molar-refractivity contribution in [1.29, 1.82) is 0 Å². The highest BCUT2D eigenvalue weighted by atomic mass is 32.2. The van der Waals surface area contributed by atoms with Gasteiger partial charge in [0.1, 0.15) is 0 Å². The lowest BCUT2D eigenvalue weighted by Gasteiger charge is -2.08. The number of amides is 1. The van der Waals surface area contributed by atoms with E-state index >= 15 is 0 Å². The van der Waals surface area contributed by atoms with Gasteiger partial charge in [-0.2, -0.15) is 0 Å². The van der Waals surface area contributed by atoms with Crippen molar-refractivity contribution in [3.8, 4) is 0 Å². The third-order valence-corrected chi connectivity index (χ3v) is 5.04. The molecule has 0 aromatic carbocycles. The molecule has 0 aromatic heterocycles. The second kappa shape index (κ2) is 17.5. The molecule has 0 heterocycles. The fourth-order valence-corrected chi connectivity index (χ4v) is 3.11. The average Bonchev–Trinajstić information content (AvgIpc) is 2.57. The quantitative estimate of drug-likeness (QED) is 0.210. The molecule has 0 aliphatic heterocycles. The maximum atomic E-state index is 11.4. The molecule has 0 spiro atoms. The zero-order valence-electron chi connectivity index (χ0n) is 16.5. The van der Waals surface area contributed by atoms with E-state index in [1.165, 1.54) is 57.8 Å². The number of hydrogen-bond donors (Lipinski definition) is 1. The molecule has 26 heavy (non-hydrogen) atoms. The number of nitrogens with one attached hydrogen (secondary N) is 1. The molecule has 0 unspecified atom stereocenters. The van der Waals surface area contributed by atoms with Crippen LogP contribution in [0.5, 0.6) is 0 Å². The summed E-state index contributed by atoms with van der Waals surface area (Å²) in [6.45, 7) is 2.16. The molecule has 0 radical (unpaired) electrons. The van der Waals surface area contributed by atoms with Gasteiger partial charge in [-0.1, -0.05) is 70.4 Å². The Kier molecular flexibility index (Phi) is 16.9. The first-order chi connectivity index (χ1) is 12.5. The molecule has 0 saturated heterocycles. The molecule has 0 aliphatic carbocycles. The third kappa shape index (κ3) is 21.2. The summed E-state index contributed by atoms with van der Waals surface area (Å²) in [6.07, 6.45) is 20.7. The van der Waals surface area contributed by atoms with Crippen molar-refractivity contribution < 1.29 is 17.8 Å². The number of carbonyl (C=O) groups excluding carboxylic acids is 1. The lowest BCUT2D eigenvalue weighted by atomic mass is 10.1. The van der Waals surface area contributed by atoms with Crippen LogP contribution in [0.1, 0.15) is 96.8 Å². The second-order valence-corrected chi connectivity index (χ2v) is 8.47. The van der Waals surface area contributed by atoms with E-state index in [1.807, 2.05) is 0 Å². The fraction of sp³-hybridized carbons (Fsp3) is 0.850. The van der Waals surface area contributed by atoms with E-state index in [-0.39, 0.29) is 12.5 Å². The van der Waals surface area contributed by atoms with Crippen LogP contribution in [0.15, 0.2) is 12.2 Å². The summed E-state index contributed by atoms with van der Waals surface area (Å²) < 4.78 is 31.2. The van der Waals surface area contributed by atoms with E-state index in [4.69, 9.17) is 0 Å². The summed E-state index contributed by atoms with van der Waals surface area (Å²) in [7, 11) is -4.24. The van der Waals surface area contributed by atoms with Crippen molar-refractivity contribution >= 4 is 16.0 Å². The van der Waals surface area contributed by atoms with Crippen molar-refractivity contribution in [3.63, 3.8) is 0 Å². The van der Waals surface area contributed by atoms with Crippen LogP contribution in [-0.2, 0) is 14.9 Å². The number of rotatable bonds is 18. The molecule has 0 atom stereocenters. The van der Waals surface area contributed by atoms with E-state index in [1.54, 1.807) is 0 Å². The van der Waals surface area contributed by atoms with Gasteiger partial charge in [0.05, 0.1) is 15.9 Å². The second-order valence-electron chi connectivity index (χ2n) is 6.95. The Morgan fingerprint density at radius 2 is 1.35 bits per heavy atom. The van der Waals surface area contributed by atoms with Crippen molar-refractivity contribution in [2.75, 3.05) is 12.3 Å². The Morgan fingerprint density at radius 1 is 0.846 bits per heavy atom. The molecular weight excluding hydrogens is 350 g/mol. The Balaban J connectivity index is 3.28. The summed E-state index contributed by atoms with van der Waals surface area (Å²) in [5.74, 6) is -0.711. The van der Waals surface area contributed by atoms with Crippen LogP contribution < -0.4 is 5.32 Å². The monoisotopic (exact) mass is 388 g/mol. The van der Waals surface area contributed by atoms with Crippen LogP contribution in [0.4, 0.5) is 0 Å². The van der Waals surface area contributed by atoms with Gasteiger partial charge in [-0.25, -0.2) is 8.42 Å². The highest BCUT2D eigenvalue weighted by molar-refractivity contribution is 7.85.